The molecule has 4 aliphatic rings. The predicted octanol–water partition coefficient (Wildman–Crippen LogP) is 2.51. The van der Waals surface area contributed by atoms with Gasteiger partial charge in [0.25, 0.3) is 0 Å². The summed E-state index contributed by atoms with van der Waals surface area (Å²) in [7, 11) is 4.00. The minimum Gasteiger partial charge on any atom is -0.353 e. The first-order valence-corrected chi connectivity index (χ1v) is 11.5. The molecule has 0 N–H and O–H groups in total. The number of aryl methyl sites for hydroxylation is 1. The molecule has 6 rings (SSSR count). The van der Waals surface area contributed by atoms with Crippen molar-refractivity contribution < 1.29 is 4.79 Å². The summed E-state index contributed by atoms with van der Waals surface area (Å²) < 4.78 is 0. The van der Waals surface area contributed by atoms with Gasteiger partial charge in [0.05, 0.1) is 29.4 Å². The molecule has 8 heteroatoms. The maximum atomic E-state index is 13.2. The van der Waals surface area contributed by atoms with Crippen molar-refractivity contribution >= 4 is 29.0 Å². The van der Waals surface area contributed by atoms with Gasteiger partial charge in [-0.1, -0.05) is 0 Å². The van der Waals surface area contributed by atoms with Crippen molar-refractivity contribution in [1.29, 1.82) is 0 Å². The van der Waals surface area contributed by atoms with Crippen LogP contribution in [-0.4, -0.2) is 59.0 Å². The lowest BCUT2D eigenvalue weighted by molar-refractivity contribution is -0.140. The van der Waals surface area contributed by atoms with E-state index in [1.165, 1.54) is 24.1 Å². The molecule has 3 aliphatic heterocycles. The number of nitrogens with zero attached hydrogens (tertiary/aromatic N) is 6. The van der Waals surface area contributed by atoms with Crippen molar-refractivity contribution in [2.24, 2.45) is 5.92 Å². The largest absolute Gasteiger partial charge is 0.353 e. The first kappa shape index (κ1) is 18.8. The normalized spacial score (nSPS) is 23.9. The van der Waals surface area contributed by atoms with Crippen LogP contribution in [0.1, 0.15) is 42.6 Å². The van der Waals surface area contributed by atoms with Gasteiger partial charge in [0, 0.05) is 44.2 Å². The fourth-order valence-corrected chi connectivity index (χ4v) is 5.48. The summed E-state index contributed by atoms with van der Waals surface area (Å²) in [5.74, 6) is 2.18. The van der Waals surface area contributed by atoms with Gasteiger partial charge in [0.15, 0.2) is 0 Å². The van der Waals surface area contributed by atoms with Gasteiger partial charge in [-0.2, -0.15) is 4.98 Å². The maximum Gasteiger partial charge on any atom is 0.228 e. The van der Waals surface area contributed by atoms with Crippen LogP contribution in [0.5, 0.6) is 0 Å². The maximum absolute atomic E-state index is 13.2. The Labute approximate surface area is 175 Å². The van der Waals surface area contributed by atoms with E-state index < -0.39 is 0 Å². The van der Waals surface area contributed by atoms with E-state index in [1.54, 1.807) is 11.3 Å². The number of rotatable bonds is 4. The fraction of sp³-hybridized carbons (Fsp3) is 0.619. The number of aromatic nitrogens is 3. The number of piperidine rings is 1. The smallest absolute Gasteiger partial charge is 0.228 e. The van der Waals surface area contributed by atoms with Crippen molar-refractivity contribution in [1.82, 2.24) is 19.9 Å². The van der Waals surface area contributed by atoms with Gasteiger partial charge in [0.2, 0.25) is 11.9 Å². The lowest BCUT2D eigenvalue weighted by atomic mass is 9.94. The van der Waals surface area contributed by atoms with Crippen molar-refractivity contribution in [3.05, 3.63) is 27.8 Å². The highest BCUT2D eigenvalue weighted by molar-refractivity contribution is 7.07. The van der Waals surface area contributed by atoms with E-state index in [2.05, 4.69) is 14.8 Å². The molecule has 7 nitrogen and oxygen atoms in total. The van der Waals surface area contributed by atoms with E-state index in [-0.39, 0.29) is 17.9 Å². The van der Waals surface area contributed by atoms with E-state index in [0.717, 1.165) is 56.2 Å². The Morgan fingerprint density at radius 2 is 2.03 bits per heavy atom. The predicted molar refractivity (Wildman–Crippen MR) is 114 cm³/mol. The second kappa shape index (κ2) is 7.55. The van der Waals surface area contributed by atoms with Gasteiger partial charge in [-0.15, -0.1) is 11.3 Å². The summed E-state index contributed by atoms with van der Waals surface area (Å²) in [5.41, 5.74) is 5.35. The standard InChI is InChI=1S/C21H28N6OS/c1-25(2)21-23-18-6-4-3-5-17(18)19(24-21)26-9-14-7-8-16(11-26)27(20(14)28)10-15-12-29-13-22-15/h12-14,16H,3-11H2,1-2H3/t14-,16+/m0/s1. The molecule has 2 atom stereocenters. The molecule has 0 saturated carbocycles. The average molecular weight is 413 g/mol. The van der Waals surface area contributed by atoms with Gasteiger partial charge in [-0.3, -0.25) is 4.79 Å². The Morgan fingerprint density at radius 1 is 1.17 bits per heavy atom. The second-order valence-electron chi connectivity index (χ2n) is 8.65. The van der Waals surface area contributed by atoms with E-state index in [9.17, 15) is 4.79 Å². The number of anilines is 2. The van der Waals surface area contributed by atoms with Gasteiger partial charge < -0.3 is 14.7 Å². The fourth-order valence-electron chi connectivity index (χ4n) is 4.93. The summed E-state index contributed by atoms with van der Waals surface area (Å²) in [5, 5.41) is 2.05. The molecule has 1 aliphatic carbocycles. The van der Waals surface area contributed by atoms with Crippen molar-refractivity contribution in [2.75, 3.05) is 37.0 Å². The number of thiazole rings is 1. The molecule has 2 aromatic heterocycles. The molecule has 1 amide bonds. The molecule has 0 unspecified atom stereocenters. The van der Waals surface area contributed by atoms with Crippen LogP contribution in [0.3, 0.4) is 0 Å². The van der Waals surface area contributed by atoms with Gasteiger partial charge >= 0.3 is 0 Å². The minimum atomic E-state index is 0.0457. The van der Waals surface area contributed by atoms with Crippen LogP contribution in [0.4, 0.5) is 11.8 Å². The Balaban J connectivity index is 1.49. The molecule has 2 aromatic rings. The van der Waals surface area contributed by atoms with E-state index in [1.807, 2.05) is 29.9 Å². The number of hydrogen-bond acceptors (Lipinski definition) is 7. The average Bonchev–Trinajstić information content (AvgIpc) is 3.10. The molecule has 154 valence electrons. The summed E-state index contributed by atoms with van der Waals surface area (Å²) in [6.45, 7) is 2.24. The van der Waals surface area contributed by atoms with Crippen LogP contribution in [0.25, 0.3) is 0 Å². The van der Waals surface area contributed by atoms with Gasteiger partial charge in [-0.25, -0.2) is 9.97 Å². The Morgan fingerprint density at radius 3 is 2.83 bits per heavy atom. The minimum absolute atomic E-state index is 0.0457. The number of hydrogen-bond donors (Lipinski definition) is 0. The molecule has 0 spiro atoms. The van der Waals surface area contributed by atoms with Crippen LogP contribution in [0, 0.1) is 5.92 Å². The van der Waals surface area contributed by atoms with Crippen LogP contribution < -0.4 is 9.80 Å². The van der Waals surface area contributed by atoms with Gasteiger partial charge in [0.1, 0.15) is 5.82 Å². The Bertz CT molecular complexity index is 899. The highest BCUT2D eigenvalue weighted by atomic mass is 32.1. The van der Waals surface area contributed by atoms with Crippen molar-refractivity contribution in [3.8, 4) is 0 Å². The summed E-state index contributed by atoms with van der Waals surface area (Å²) in [4.78, 5) is 33.9. The third-order valence-electron chi connectivity index (χ3n) is 6.46. The second-order valence-corrected chi connectivity index (χ2v) is 9.37. The highest BCUT2D eigenvalue weighted by Crippen LogP contribution is 2.36. The van der Waals surface area contributed by atoms with E-state index >= 15 is 0 Å². The zero-order valence-electron chi connectivity index (χ0n) is 17.2. The molecule has 29 heavy (non-hydrogen) atoms. The third kappa shape index (κ3) is 3.47. The Hall–Kier alpha value is -2.22. The summed E-state index contributed by atoms with van der Waals surface area (Å²) in [6, 6.07) is 0.222. The van der Waals surface area contributed by atoms with Crippen LogP contribution in [0.15, 0.2) is 10.9 Å². The third-order valence-corrected chi connectivity index (χ3v) is 7.09. The first-order chi connectivity index (χ1) is 14.1. The SMILES string of the molecule is CN(C)c1nc2c(c(N3C[C@@H]4CC[C@H](C3)N(Cc3cscn3)C4=O)n1)CCCC2. The quantitative estimate of drug-likeness (QED) is 0.769. The van der Waals surface area contributed by atoms with Crippen LogP contribution in [0.2, 0.25) is 0 Å². The molecular weight excluding hydrogens is 384 g/mol. The van der Waals surface area contributed by atoms with E-state index in [4.69, 9.17) is 9.97 Å². The molecule has 2 bridgehead atoms. The lowest BCUT2D eigenvalue weighted by Gasteiger charge is -2.35. The molecule has 0 aromatic carbocycles. The Kier molecular flexibility index (Phi) is 4.89. The topological polar surface area (TPSA) is 65.5 Å². The number of carbonyl (C=O) groups excluding carboxylic acids is 1. The number of carbonyl (C=O) groups is 1. The molecule has 5 heterocycles. The van der Waals surface area contributed by atoms with Crippen molar-refractivity contribution in [3.63, 3.8) is 0 Å². The first-order valence-electron chi connectivity index (χ1n) is 10.6. The van der Waals surface area contributed by atoms with Gasteiger partial charge in [-0.05, 0) is 38.5 Å². The summed E-state index contributed by atoms with van der Waals surface area (Å²) >= 11 is 1.59. The highest BCUT2D eigenvalue weighted by Gasteiger charge is 2.42. The zero-order valence-corrected chi connectivity index (χ0v) is 18.0. The molecular formula is C21H28N6OS. The van der Waals surface area contributed by atoms with E-state index in [0.29, 0.717) is 6.54 Å². The van der Waals surface area contributed by atoms with Crippen LogP contribution in [-0.2, 0) is 24.2 Å². The van der Waals surface area contributed by atoms with Crippen molar-refractivity contribution in [2.45, 2.75) is 51.1 Å². The number of amides is 1. The zero-order chi connectivity index (χ0) is 20.0. The monoisotopic (exact) mass is 412 g/mol. The molecule has 3 saturated heterocycles. The molecule has 3 fully saturated rings. The molecule has 0 radical (unpaired) electrons. The lowest BCUT2D eigenvalue weighted by Crippen LogP contribution is -2.47. The van der Waals surface area contributed by atoms with Crippen LogP contribution >= 0.6 is 11.3 Å². The summed E-state index contributed by atoms with van der Waals surface area (Å²) in [6.07, 6.45) is 6.50. The number of fused-ring (bicyclic) bond motifs is 5.